The molecule has 2 aromatic carbocycles. The van der Waals surface area contributed by atoms with Gasteiger partial charge in [-0.2, -0.15) is 13.2 Å². The Bertz CT molecular complexity index is 916. The van der Waals surface area contributed by atoms with Crippen molar-refractivity contribution in [2.45, 2.75) is 6.18 Å². The van der Waals surface area contributed by atoms with Crippen LogP contribution >= 0.6 is 0 Å². The predicted octanol–water partition coefficient (Wildman–Crippen LogP) is 4.39. The van der Waals surface area contributed by atoms with Crippen LogP contribution in [0, 0.1) is 0 Å². The van der Waals surface area contributed by atoms with E-state index in [-0.39, 0.29) is 17.2 Å². The summed E-state index contributed by atoms with van der Waals surface area (Å²) in [5.74, 6) is -0.000712. The van der Waals surface area contributed by atoms with Gasteiger partial charge in [-0.1, -0.05) is 35.5 Å². The van der Waals surface area contributed by atoms with E-state index in [1.165, 1.54) is 25.2 Å². The van der Waals surface area contributed by atoms with Crippen molar-refractivity contribution >= 4 is 5.91 Å². The third kappa shape index (κ3) is 3.40. The molecule has 128 valence electrons. The molecule has 0 bridgehead atoms. The molecular weight excluding hydrogens is 333 g/mol. The van der Waals surface area contributed by atoms with E-state index in [9.17, 15) is 18.0 Å². The van der Waals surface area contributed by atoms with Gasteiger partial charge >= 0.3 is 6.18 Å². The normalized spacial score (nSPS) is 11.4. The fourth-order valence-electron chi connectivity index (χ4n) is 2.42. The maximum absolute atomic E-state index is 12.8. The second-order valence-corrected chi connectivity index (χ2v) is 5.28. The molecular formula is C18H13F3N2O2. The van der Waals surface area contributed by atoms with Gasteiger partial charge in [-0.25, -0.2) is 0 Å². The van der Waals surface area contributed by atoms with Crippen molar-refractivity contribution < 1.29 is 22.5 Å². The molecule has 1 heterocycles. The Kier molecular flexibility index (Phi) is 4.31. The summed E-state index contributed by atoms with van der Waals surface area (Å²) in [6.45, 7) is 0. The number of rotatable bonds is 3. The Labute approximate surface area is 141 Å². The minimum Gasteiger partial charge on any atom is -0.356 e. The lowest BCUT2D eigenvalue weighted by molar-refractivity contribution is -0.137. The van der Waals surface area contributed by atoms with Gasteiger partial charge in [-0.05, 0) is 18.2 Å². The molecule has 0 aliphatic carbocycles. The SMILES string of the molecule is CNC(=O)c1ccccc1-c1cc(-c2cccc(C(F)(F)F)c2)no1. The third-order valence-electron chi connectivity index (χ3n) is 3.66. The first-order valence-electron chi connectivity index (χ1n) is 7.36. The zero-order valence-corrected chi connectivity index (χ0v) is 13.1. The van der Waals surface area contributed by atoms with E-state index < -0.39 is 11.7 Å². The molecule has 1 N–H and O–H groups in total. The van der Waals surface area contributed by atoms with Crippen molar-refractivity contribution in [1.82, 2.24) is 10.5 Å². The van der Waals surface area contributed by atoms with Gasteiger partial charge in [0.15, 0.2) is 5.76 Å². The Morgan fingerprint density at radius 3 is 2.56 bits per heavy atom. The molecule has 0 unspecified atom stereocenters. The highest BCUT2D eigenvalue weighted by Gasteiger charge is 2.30. The first-order valence-corrected chi connectivity index (χ1v) is 7.36. The summed E-state index contributed by atoms with van der Waals surface area (Å²) < 4.78 is 43.8. The van der Waals surface area contributed by atoms with Crippen LogP contribution in [-0.2, 0) is 6.18 Å². The highest BCUT2D eigenvalue weighted by Crippen LogP contribution is 2.33. The Balaban J connectivity index is 2.01. The smallest absolute Gasteiger partial charge is 0.356 e. The van der Waals surface area contributed by atoms with Crippen molar-refractivity contribution in [2.75, 3.05) is 7.05 Å². The number of carbonyl (C=O) groups excluding carboxylic acids is 1. The lowest BCUT2D eigenvalue weighted by Gasteiger charge is -2.07. The molecule has 3 rings (SSSR count). The second kappa shape index (κ2) is 6.43. The minimum atomic E-state index is -4.44. The summed E-state index contributed by atoms with van der Waals surface area (Å²) in [7, 11) is 1.51. The molecule has 3 aromatic rings. The molecule has 0 fully saturated rings. The van der Waals surface area contributed by atoms with Gasteiger partial charge in [0.25, 0.3) is 5.91 Å². The molecule has 0 radical (unpaired) electrons. The number of amides is 1. The Morgan fingerprint density at radius 1 is 1.08 bits per heavy atom. The minimum absolute atomic E-state index is 0.257. The number of hydrogen-bond donors (Lipinski definition) is 1. The second-order valence-electron chi connectivity index (χ2n) is 5.28. The fraction of sp³-hybridized carbons (Fsp3) is 0.111. The molecule has 0 atom stereocenters. The van der Waals surface area contributed by atoms with Crippen molar-refractivity contribution in [1.29, 1.82) is 0 Å². The van der Waals surface area contributed by atoms with Crippen molar-refractivity contribution in [3.8, 4) is 22.6 Å². The van der Waals surface area contributed by atoms with Crippen LogP contribution in [-0.4, -0.2) is 18.1 Å². The molecule has 1 aromatic heterocycles. The van der Waals surface area contributed by atoms with Crippen LogP contribution in [0.3, 0.4) is 0 Å². The van der Waals surface area contributed by atoms with Crippen LogP contribution in [0.5, 0.6) is 0 Å². The van der Waals surface area contributed by atoms with Crippen molar-refractivity contribution in [2.24, 2.45) is 0 Å². The Hall–Kier alpha value is -3.09. The number of alkyl halides is 3. The highest BCUT2D eigenvalue weighted by molar-refractivity contribution is 6.00. The lowest BCUT2D eigenvalue weighted by Crippen LogP contribution is -2.18. The number of benzene rings is 2. The molecule has 0 aliphatic heterocycles. The van der Waals surface area contributed by atoms with Gasteiger partial charge in [0, 0.05) is 24.2 Å². The lowest BCUT2D eigenvalue weighted by atomic mass is 10.0. The summed E-state index contributed by atoms with van der Waals surface area (Å²) >= 11 is 0. The van der Waals surface area contributed by atoms with E-state index in [0.717, 1.165) is 12.1 Å². The number of hydrogen-bond acceptors (Lipinski definition) is 3. The first kappa shape index (κ1) is 16.8. The maximum atomic E-state index is 12.8. The van der Waals surface area contributed by atoms with Crippen LogP contribution in [0.2, 0.25) is 0 Å². The van der Waals surface area contributed by atoms with E-state index in [1.807, 2.05) is 0 Å². The standard InChI is InChI=1S/C18H13F3N2O2/c1-22-17(24)14-8-3-2-7-13(14)16-10-15(23-25-16)11-5-4-6-12(9-11)18(19,20)21/h2-10H,1H3,(H,22,24). The zero-order chi connectivity index (χ0) is 18.0. The fourth-order valence-corrected chi connectivity index (χ4v) is 2.42. The molecule has 0 saturated heterocycles. The zero-order valence-electron chi connectivity index (χ0n) is 13.1. The summed E-state index contributed by atoms with van der Waals surface area (Å²) in [4.78, 5) is 11.9. The summed E-state index contributed by atoms with van der Waals surface area (Å²) in [6, 6.07) is 13.1. The van der Waals surface area contributed by atoms with E-state index in [0.29, 0.717) is 16.9 Å². The molecule has 4 nitrogen and oxygen atoms in total. The van der Waals surface area contributed by atoms with E-state index >= 15 is 0 Å². The van der Waals surface area contributed by atoms with Gasteiger partial charge in [0.05, 0.1) is 11.1 Å². The van der Waals surface area contributed by atoms with Gasteiger partial charge in [0.2, 0.25) is 0 Å². The summed E-state index contributed by atoms with van der Waals surface area (Å²) in [5.41, 5.74) is 0.666. The van der Waals surface area contributed by atoms with E-state index in [4.69, 9.17) is 4.52 Å². The van der Waals surface area contributed by atoms with Crippen LogP contribution in [0.1, 0.15) is 15.9 Å². The average molecular weight is 346 g/mol. The largest absolute Gasteiger partial charge is 0.416 e. The average Bonchev–Trinajstić information content (AvgIpc) is 3.10. The van der Waals surface area contributed by atoms with Crippen LogP contribution in [0.15, 0.2) is 59.1 Å². The number of carbonyl (C=O) groups is 1. The summed E-state index contributed by atoms with van der Waals surface area (Å²) in [5, 5.41) is 6.37. The number of nitrogens with one attached hydrogen (secondary N) is 1. The van der Waals surface area contributed by atoms with E-state index in [2.05, 4.69) is 10.5 Å². The van der Waals surface area contributed by atoms with Gasteiger partial charge in [-0.15, -0.1) is 0 Å². The van der Waals surface area contributed by atoms with Crippen LogP contribution < -0.4 is 5.32 Å². The third-order valence-corrected chi connectivity index (χ3v) is 3.66. The van der Waals surface area contributed by atoms with E-state index in [1.54, 1.807) is 24.3 Å². The molecule has 25 heavy (non-hydrogen) atoms. The Morgan fingerprint density at radius 2 is 1.84 bits per heavy atom. The molecule has 7 heteroatoms. The quantitative estimate of drug-likeness (QED) is 0.765. The number of aromatic nitrogens is 1. The van der Waals surface area contributed by atoms with Gasteiger partial charge in [-0.3, -0.25) is 4.79 Å². The topological polar surface area (TPSA) is 55.1 Å². The molecule has 0 saturated carbocycles. The monoisotopic (exact) mass is 346 g/mol. The highest BCUT2D eigenvalue weighted by atomic mass is 19.4. The number of nitrogens with zero attached hydrogens (tertiary/aromatic N) is 1. The summed E-state index contributed by atoms with van der Waals surface area (Å²) in [6.07, 6.45) is -4.44. The molecule has 0 aliphatic rings. The van der Waals surface area contributed by atoms with Gasteiger partial charge in [0.1, 0.15) is 5.69 Å². The predicted molar refractivity (Wildman–Crippen MR) is 85.8 cm³/mol. The molecule has 0 spiro atoms. The maximum Gasteiger partial charge on any atom is 0.416 e. The first-order chi connectivity index (χ1) is 11.9. The van der Waals surface area contributed by atoms with Crippen molar-refractivity contribution in [3.63, 3.8) is 0 Å². The van der Waals surface area contributed by atoms with Crippen molar-refractivity contribution in [3.05, 3.63) is 65.7 Å². The molecule has 1 amide bonds. The van der Waals surface area contributed by atoms with Crippen LogP contribution in [0.25, 0.3) is 22.6 Å². The van der Waals surface area contributed by atoms with Crippen LogP contribution in [0.4, 0.5) is 13.2 Å². The number of halogens is 3. The van der Waals surface area contributed by atoms with Gasteiger partial charge < -0.3 is 9.84 Å².